The number of likely N-dealkylation sites (N-methyl/N-ethyl adjacent to an activating group) is 2. The number of nitrogens with one attached hydrogen (secondary N) is 1. The number of aromatic nitrogens is 2. The summed E-state index contributed by atoms with van der Waals surface area (Å²) in [6.07, 6.45) is 2.18. The number of hydrogen-bond acceptors (Lipinski definition) is 4. The fourth-order valence-corrected chi connectivity index (χ4v) is 4.26. The SMILES string of the molecule is CCN(CC)C(=O)[C@@H]1C[C@H](c2cn(C)nc2C)NS(=O)(=O)N1C. The predicted molar refractivity (Wildman–Crippen MR) is 86.8 cm³/mol. The summed E-state index contributed by atoms with van der Waals surface area (Å²) in [6.45, 7) is 6.73. The maximum atomic E-state index is 12.7. The van der Waals surface area contributed by atoms with Gasteiger partial charge in [-0.25, -0.2) is 0 Å². The highest BCUT2D eigenvalue weighted by atomic mass is 32.2. The first-order valence-electron chi connectivity index (χ1n) is 7.75. The van der Waals surface area contributed by atoms with E-state index in [0.717, 1.165) is 15.6 Å². The summed E-state index contributed by atoms with van der Waals surface area (Å²) < 4.78 is 30.3. The van der Waals surface area contributed by atoms with Crippen LogP contribution >= 0.6 is 0 Å². The molecule has 0 unspecified atom stereocenters. The molecule has 0 spiro atoms. The van der Waals surface area contributed by atoms with E-state index < -0.39 is 22.3 Å². The van der Waals surface area contributed by atoms with E-state index in [1.165, 1.54) is 7.05 Å². The zero-order valence-electron chi connectivity index (χ0n) is 14.3. The molecule has 130 valence electrons. The number of aryl methyl sites for hydroxylation is 2. The van der Waals surface area contributed by atoms with Crippen LogP contribution in [0, 0.1) is 6.92 Å². The average Bonchev–Trinajstić information content (AvgIpc) is 2.81. The molecule has 0 radical (unpaired) electrons. The molecule has 0 bridgehead atoms. The van der Waals surface area contributed by atoms with Gasteiger partial charge in [-0.15, -0.1) is 0 Å². The van der Waals surface area contributed by atoms with E-state index >= 15 is 0 Å². The molecule has 2 atom stereocenters. The molecule has 1 aliphatic rings. The van der Waals surface area contributed by atoms with E-state index in [-0.39, 0.29) is 5.91 Å². The number of amides is 1. The van der Waals surface area contributed by atoms with E-state index in [9.17, 15) is 13.2 Å². The van der Waals surface area contributed by atoms with Crippen molar-refractivity contribution in [2.45, 2.75) is 39.3 Å². The van der Waals surface area contributed by atoms with Crippen molar-refractivity contribution < 1.29 is 13.2 Å². The molecule has 0 saturated carbocycles. The standard InChI is InChI=1S/C14H25N5O3S/c1-6-19(7-2)14(20)13-8-12(16-23(21,22)18(13)5)11-9-17(4)15-10(11)3/h9,12-13,16H,6-8H2,1-5H3/t12-,13+/m1/s1. The van der Waals surface area contributed by atoms with Gasteiger partial charge in [0.25, 0.3) is 10.2 Å². The number of carbonyl (C=O) groups is 1. The first kappa shape index (κ1) is 17.9. The highest BCUT2D eigenvalue weighted by Gasteiger charge is 2.42. The van der Waals surface area contributed by atoms with Gasteiger partial charge in [0.2, 0.25) is 5.91 Å². The summed E-state index contributed by atoms with van der Waals surface area (Å²) in [5.41, 5.74) is 1.57. The van der Waals surface area contributed by atoms with Crippen LogP contribution in [0.5, 0.6) is 0 Å². The van der Waals surface area contributed by atoms with Crippen LogP contribution in [0.1, 0.15) is 37.6 Å². The Labute approximate surface area is 137 Å². The lowest BCUT2D eigenvalue weighted by Crippen LogP contribution is -2.57. The zero-order valence-corrected chi connectivity index (χ0v) is 15.1. The number of nitrogens with zero attached hydrogens (tertiary/aromatic N) is 4. The first-order valence-corrected chi connectivity index (χ1v) is 9.19. The van der Waals surface area contributed by atoms with E-state index in [2.05, 4.69) is 9.82 Å². The van der Waals surface area contributed by atoms with E-state index in [1.807, 2.05) is 20.8 Å². The van der Waals surface area contributed by atoms with Gasteiger partial charge in [0, 0.05) is 38.9 Å². The fraction of sp³-hybridized carbons (Fsp3) is 0.714. The van der Waals surface area contributed by atoms with Crippen LogP contribution in [0.2, 0.25) is 0 Å². The van der Waals surface area contributed by atoms with Crippen molar-refractivity contribution >= 4 is 16.1 Å². The van der Waals surface area contributed by atoms with Crippen LogP contribution in [-0.2, 0) is 22.1 Å². The largest absolute Gasteiger partial charge is 0.342 e. The second-order valence-corrected chi connectivity index (χ2v) is 7.56. The second kappa shape index (κ2) is 6.58. The summed E-state index contributed by atoms with van der Waals surface area (Å²) in [6, 6.07) is -1.15. The molecule has 1 saturated heterocycles. The van der Waals surface area contributed by atoms with Crippen LogP contribution in [-0.4, -0.2) is 59.5 Å². The van der Waals surface area contributed by atoms with Crippen molar-refractivity contribution in [1.82, 2.24) is 23.7 Å². The second-order valence-electron chi connectivity index (χ2n) is 5.80. The Balaban J connectivity index is 2.36. The first-order chi connectivity index (χ1) is 10.7. The highest BCUT2D eigenvalue weighted by Crippen LogP contribution is 2.29. The Kier molecular flexibility index (Phi) is 5.12. The Morgan fingerprint density at radius 1 is 1.39 bits per heavy atom. The van der Waals surface area contributed by atoms with Crippen molar-refractivity contribution in [2.75, 3.05) is 20.1 Å². The van der Waals surface area contributed by atoms with Gasteiger partial charge in [0.15, 0.2) is 0 Å². The van der Waals surface area contributed by atoms with Crippen LogP contribution in [0.3, 0.4) is 0 Å². The Bertz CT molecular complexity index is 681. The molecular formula is C14H25N5O3S. The number of rotatable bonds is 4. The van der Waals surface area contributed by atoms with E-state index in [4.69, 9.17) is 0 Å². The summed E-state index contributed by atoms with van der Waals surface area (Å²) in [4.78, 5) is 14.4. The molecular weight excluding hydrogens is 318 g/mol. The van der Waals surface area contributed by atoms with Crippen molar-refractivity contribution in [3.05, 3.63) is 17.5 Å². The zero-order chi connectivity index (χ0) is 17.4. The third-order valence-electron chi connectivity index (χ3n) is 4.36. The Hall–Kier alpha value is -1.45. The molecule has 2 rings (SSSR count). The molecule has 1 fully saturated rings. The van der Waals surface area contributed by atoms with Crippen molar-refractivity contribution in [1.29, 1.82) is 0 Å². The lowest BCUT2D eigenvalue weighted by Gasteiger charge is -2.38. The van der Waals surface area contributed by atoms with Gasteiger partial charge in [-0.05, 0) is 27.2 Å². The van der Waals surface area contributed by atoms with Gasteiger partial charge in [-0.1, -0.05) is 0 Å². The predicted octanol–water partition coefficient (Wildman–Crippen LogP) is 0.177. The molecule has 1 aliphatic heterocycles. The number of carbonyl (C=O) groups excluding carboxylic acids is 1. The molecule has 0 aliphatic carbocycles. The van der Waals surface area contributed by atoms with Crippen LogP contribution in [0.25, 0.3) is 0 Å². The van der Waals surface area contributed by atoms with Gasteiger partial charge >= 0.3 is 0 Å². The molecule has 9 heteroatoms. The van der Waals surface area contributed by atoms with Gasteiger partial charge in [0.05, 0.1) is 11.7 Å². The lowest BCUT2D eigenvalue weighted by atomic mass is 10.00. The monoisotopic (exact) mass is 343 g/mol. The van der Waals surface area contributed by atoms with Crippen molar-refractivity contribution in [3.8, 4) is 0 Å². The van der Waals surface area contributed by atoms with E-state index in [0.29, 0.717) is 19.5 Å². The normalized spacial score (nSPS) is 24.6. The summed E-state index contributed by atoms with van der Waals surface area (Å²) in [5, 5.41) is 4.26. The molecule has 1 aromatic rings. The molecule has 1 amide bonds. The van der Waals surface area contributed by atoms with Crippen LogP contribution < -0.4 is 4.72 Å². The van der Waals surface area contributed by atoms with Crippen molar-refractivity contribution in [3.63, 3.8) is 0 Å². The molecule has 0 aromatic carbocycles. The maximum absolute atomic E-state index is 12.7. The molecule has 1 N–H and O–H groups in total. The topological polar surface area (TPSA) is 87.5 Å². The summed E-state index contributed by atoms with van der Waals surface area (Å²) in [7, 11) is -0.476. The van der Waals surface area contributed by atoms with Crippen LogP contribution in [0.15, 0.2) is 6.20 Å². The average molecular weight is 343 g/mol. The van der Waals surface area contributed by atoms with Gasteiger partial charge in [0.1, 0.15) is 6.04 Å². The van der Waals surface area contributed by atoms with Gasteiger partial charge < -0.3 is 4.90 Å². The van der Waals surface area contributed by atoms with Gasteiger partial charge in [-0.2, -0.15) is 22.5 Å². The molecule has 23 heavy (non-hydrogen) atoms. The minimum Gasteiger partial charge on any atom is -0.342 e. The summed E-state index contributed by atoms with van der Waals surface area (Å²) in [5.74, 6) is -0.158. The molecule has 8 nitrogen and oxygen atoms in total. The van der Waals surface area contributed by atoms with Gasteiger partial charge in [-0.3, -0.25) is 9.48 Å². The van der Waals surface area contributed by atoms with Crippen LogP contribution in [0.4, 0.5) is 0 Å². The fourth-order valence-electron chi connectivity index (χ4n) is 3.00. The Morgan fingerprint density at radius 3 is 2.48 bits per heavy atom. The molecule has 1 aromatic heterocycles. The number of hydrogen-bond donors (Lipinski definition) is 1. The molecule has 2 heterocycles. The van der Waals surface area contributed by atoms with E-state index in [1.54, 1.807) is 22.8 Å². The third-order valence-corrected chi connectivity index (χ3v) is 5.95. The quantitative estimate of drug-likeness (QED) is 0.845. The lowest BCUT2D eigenvalue weighted by molar-refractivity contribution is -0.135. The van der Waals surface area contributed by atoms with Crippen molar-refractivity contribution in [2.24, 2.45) is 7.05 Å². The summed E-state index contributed by atoms with van der Waals surface area (Å²) >= 11 is 0. The highest BCUT2D eigenvalue weighted by molar-refractivity contribution is 7.87. The maximum Gasteiger partial charge on any atom is 0.280 e. The minimum absolute atomic E-state index is 0.158. The smallest absolute Gasteiger partial charge is 0.280 e. The Morgan fingerprint density at radius 2 is 2.00 bits per heavy atom. The minimum atomic E-state index is -3.71. The third kappa shape index (κ3) is 3.41.